The number of carbonyl (C=O) groups excluding carboxylic acids is 1. The number of carbonyl (C=O) groups is 1. The van der Waals surface area contributed by atoms with Crippen molar-refractivity contribution in [1.29, 1.82) is 0 Å². The molecule has 0 bridgehead atoms. The zero-order valence-corrected chi connectivity index (χ0v) is 16.9. The van der Waals surface area contributed by atoms with Crippen LogP contribution in [0, 0.1) is 13.5 Å². The van der Waals surface area contributed by atoms with Crippen LogP contribution in [0.4, 0.5) is 22.1 Å². The fourth-order valence-corrected chi connectivity index (χ4v) is 4.21. The summed E-state index contributed by atoms with van der Waals surface area (Å²) in [5.74, 6) is -0.348. The van der Waals surface area contributed by atoms with E-state index in [0.717, 1.165) is 27.3 Å². The highest BCUT2D eigenvalue weighted by molar-refractivity contribution is 7.21. The van der Waals surface area contributed by atoms with Gasteiger partial charge in [0.2, 0.25) is 5.69 Å². The number of thiophene rings is 1. The fraction of sp³-hybridized carbons (Fsp3) is 0.278. The van der Waals surface area contributed by atoms with E-state index in [1.165, 1.54) is 11.3 Å². The van der Waals surface area contributed by atoms with Gasteiger partial charge >= 0.3 is 5.97 Å². The first-order valence-electron chi connectivity index (χ1n) is 8.12. The molecule has 0 atom stereocenters. The third-order valence-electron chi connectivity index (χ3n) is 3.77. The van der Waals surface area contributed by atoms with Crippen molar-refractivity contribution in [1.82, 2.24) is 4.37 Å². The zero-order valence-electron chi connectivity index (χ0n) is 15.3. The number of azo groups is 1. The normalized spacial score (nSPS) is 11.1. The van der Waals surface area contributed by atoms with E-state index in [1.54, 1.807) is 13.8 Å². The number of aromatic nitrogens is 1. The van der Waals surface area contributed by atoms with Crippen LogP contribution in [-0.4, -0.2) is 31.0 Å². The molecule has 0 saturated heterocycles. The molecule has 0 radical (unpaired) electrons. The van der Waals surface area contributed by atoms with Crippen molar-refractivity contribution in [2.45, 2.75) is 13.8 Å². The lowest BCUT2D eigenvalue weighted by Crippen LogP contribution is -2.08. The molecule has 0 amide bonds. The van der Waals surface area contributed by atoms with E-state index < -0.39 is 0 Å². The van der Waals surface area contributed by atoms with Gasteiger partial charge in [0, 0.05) is 25.2 Å². The summed E-state index contributed by atoms with van der Waals surface area (Å²) in [5, 5.41) is 9.96. The highest BCUT2D eigenvalue weighted by atomic mass is 32.1. The lowest BCUT2D eigenvalue weighted by Gasteiger charge is -2.14. The molecule has 3 rings (SSSR count). The predicted molar refractivity (Wildman–Crippen MR) is 109 cm³/mol. The zero-order chi connectivity index (χ0) is 19.6. The molecule has 0 unspecified atom stereocenters. The number of anilines is 1. The second kappa shape index (κ2) is 7.82. The molecule has 0 spiro atoms. The maximum atomic E-state index is 12.2. The minimum absolute atomic E-state index is 0.324. The first-order chi connectivity index (χ1) is 13.0. The highest BCUT2D eigenvalue weighted by Crippen LogP contribution is 2.41. The minimum atomic E-state index is -0.348. The predicted octanol–water partition coefficient (Wildman–Crippen LogP) is 5.88. The van der Waals surface area contributed by atoms with Crippen LogP contribution in [0.15, 0.2) is 28.4 Å². The Morgan fingerprint density at radius 3 is 2.81 bits per heavy atom. The van der Waals surface area contributed by atoms with Gasteiger partial charge in [0.15, 0.2) is 5.00 Å². The Morgan fingerprint density at radius 1 is 1.37 bits per heavy atom. The number of fused-ring (bicyclic) bond motifs is 1. The molecule has 2 aromatic heterocycles. The SMILES string of the molecule is [C-]#[N+]c1c(C)nsc1N=Nc1ccc(N(C)C)c2cc(C(=O)OCC)sc12. The number of hydrogen-bond acceptors (Lipinski definition) is 8. The van der Waals surface area contributed by atoms with Crippen LogP contribution in [0.5, 0.6) is 0 Å². The van der Waals surface area contributed by atoms with Gasteiger partial charge in [-0.05, 0) is 43.6 Å². The highest BCUT2D eigenvalue weighted by Gasteiger charge is 2.17. The number of hydrogen-bond donors (Lipinski definition) is 0. The summed E-state index contributed by atoms with van der Waals surface area (Å²) in [7, 11) is 3.89. The summed E-state index contributed by atoms with van der Waals surface area (Å²) in [6.45, 7) is 11.1. The van der Waals surface area contributed by atoms with Crippen molar-refractivity contribution in [2.75, 3.05) is 25.6 Å². The molecule has 1 aromatic carbocycles. The van der Waals surface area contributed by atoms with Gasteiger partial charge in [0.25, 0.3) is 0 Å². The Hall–Kier alpha value is -2.83. The topological polar surface area (TPSA) is 71.5 Å². The lowest BCUT2D eigenvalue weighted by molar-refractivity contribution is 0.0532. The third-order valence-corrected chi connectivity index (χ3v) is 5.72. The summed E-state index contributed by atoms with van der Waals surface area (Å²) >= 11 is 2.47. The van der Waals surface area contributed by atoms with Crippen molar-refractivity contribution in [2.24, 2.45) is 10.2 Å². The van der Waals surface area contributed by atoms with Crippen LogP contribution in [0.3, 0.4) is 0 Å². The summed E-state index contributed by atoms with van der Waals surface area (Å²) in [4.78, 5) is 18.1. The van der Waals surface area contributed by atoms with Gasteiger partial charge in [-0.2, -0.15) is 0 Å². The minimum Gasteiger partial charge on any atom is -0.462 e. The Bertz CT molecular complexity index is 1080. The summed E-state index contributed by atoms with van der Waals surface area (Å²) in [5.41, 5.74) is 2.69. The van der Waals surface area contributed by atoms with Crippen LogP contribution >= 0.6 is 22.9 Å². The average molecular weight is 400 g/mol. The van der Waals surface area contributed by atoms with Gasteiger partial charge in [-0.3, -0.25) is 0 Å². The molecule has 0 aliphatic heterocycles. The van der Waals surface area contributed by atoms with Crippen LogP contribution in [0.1, 0.15) is 22.3 Å². The van der Waals surface area contributed by atoms with E-state index in [9.17, 15) is 4.79 Å². The van der Waals surface area contributed by atoms with E-state index in [4.69, 9.17) is 11.3 Å². The number of benzene rings is 1. The van der Waals surface area contributed by atoms with Crippen molar-refractivity contribution < 1.29 is 9.53 Å². The Balaban J connectivity index is 2.10. The lowest BCUT2D eigenvalue weighted by atomic mass is 10.2. The Kier molecular flexibility index (Phi) is 5.48. The molecule has 0 aliphatic carbocycles. The fourth-order valence-electron chi connectivity index (χ4n) is 2.51. The molecular formula is C18H17N5O2S2. The molecule has 27 heavy (non-hydrogen) atoms. The van der Waals surface area contributed by atoms with E-state index in [2.05, 4.69) is 19.4 Å². The monoisotopic (exact) mass is 399 g/mol. The standard InChI is InChI=1S/C18H17N5O2S2/c1-6-25-18(24)14-9-11-13(23(4)5)8-7-12(16(11)26-14)20-21-17-15(19-3)10(2)22-27-17/h7-9H,6H2,1-2,4-5H3. The van der Waals surface area contributed by atoms with E-state index in [1.807, 2.05) is 37.2 Å². The van der Waals surface area contributed by atoms with Crippen LogP contribution < -0.4 is 4.90 Å². The molecule has 0 saturated carbocycles. The van der Waals surface area contributed by atoms with Gasteiger partial charge < -0.3 is 9.64 Å². The summed E-state index contributed by atoms with van der Waals surface area (Å²) < 4.78 is 10.1. The van der Waals surface area contributed by atoms with Crippen LogP contribution in [0.25, 0.3) is 14.9 Å². The van der Waals surface area contributed by atoms with Gasteiger partial charge in [0.1, 0.15) is 10.6 Å². The van der Waals surface area contributed by atoms with E-state index in [-0.39, 0.29) is 5.97 Å². The molecule has 0 N–H and O–H groups in total. The van der Waals surface area contributed by atoms with Gasteiger partial charge in [-0.1, -0.05) is 0 Å². The van der Waals surface area contributed by atoms with Gasteiger partial charge in [-0.15, -0.1) is 21.6 Å². The average Bonchev–Trinajstić information content (AvgIpc) is 3.23. The number of nitrogens with zero attached hydrogens (tertiary/aromatic N) is 5. The second-order valence-corrected chi connectivity index (χ2v) is 7.61. The molecule has 138 valence electrons. The van der Waals surface area contributed by atoms with Crippen molar-refractivity contribution >= 4 is 61.0 Å². The number of aryl methyl sites for hydroxylation is 1. The molecule has 7 nitrogen and oxygen atoms in total. The van der Waals surface area contributed by atoms with Crippen LogP contribution in [0.2, 0.25) is 0 Å². The van der Waals surface area contributed by atoms with E-state index >= 15 is 0 Å². The van der Waals surface area contributed by atoms with Crippen molar-refractivity contribution in [3.63, 3.8) is 0 Å². The molecular weight excluding hydrogens is 382 g/mol. The molecule has 0 aliphatic rings. The smallest absolute Gasteiger partial charge is 0.348 e. The third kappa shape index (κ3) is 3.67. The van der Waals surface area contributed by atoms with Gasteiger partial charge in [-0.25, -0.2) is 14.0 Å². The van der Waals surface area contributed by atoms with E-state index in [0.29, 0.717) is 33.6 Å². The Morgan fingerprint density at radius 2 is 2.15 bits per heavy atom. The first-order valence-corrected chi connectivity index (χ1v) is 9.71. The number of esters is 1. The molecule has 3 aromatic rings. The van der Waals surface area contributed by atoms with Crippen LogP contribution in [-0.2, 0) is 4.74 Å². The maximum absolute atomic E-state index is 12.2. The molecule has 9 heteroatoms. The maximum Gasteiger partial charge on any atom is 0.348 e. The van der Waals surface area contributed by atoms with Gasteiger partial charge in [0.05, 0.1) is 23.6 Å². The largest absolute Gasteiger partial charge is 0.462 e. The quantitative estimate of drug-likeness (QED) is 0.305. The Labute approximate surface area is 164 Å². The van der Waals surface area contributed by atoms with Crippen molar-refractivity contribution in [3.8, 4) is 0 Å². The molecule has 0 fully saturated rings. The first kappa shape index (κ1) is 18.9. The summed E-state index contributed by atoms with van der Waals surface area (Å²) in [6, 6.07) is 5.62. The molecule has 2 heterocycles. The second-order valence-electron chi connectivity index (χ2n) is 5.81. The summed E-state index contributed by atoms with van der Waals surface area (Å²) in [6.07, 6.45) is 0. The number of ether oxygens (including phenoxy) is 1. The number of rotatable bonds is 5. The van der Waals surface area contributed by atoms with Crippen molar-refractivity contribution in [3.05, 3.63) is 40.2 Å².